The third kappa shape index (κ3) is 7.61. The monoisotopic (exact) mass is 532 g/mol. The number of nitrogens with zero attached hydrogens (tertiary/aromatic N) is 1. The molecule has 1 fully saturated rings. The zero-order chi connectivity index (χ0) is 27.6. The first kappa shape index (κ1) is 27.7. The van der Waals surface area contributed by atoms with E-state index in [2.05, 4.69) is 83.0 Å². The summed E-state index contributed by atoms with van der Waals surface area (Å²) in [5.41, 5.74) is 4.90. The molecule has 0 saturated carbocycles. The van der Waals surface area contributed by atoms with Crippen molar-refractivity contribution in [3.05, 3.63) is 138 Å². The van der Waals surface area contributed by atoms with Crippen LogP contribution in [-0.4, -0.2) is 36.5 Å². The molecule has 0 bridgehead atoms. The van der Waals surface area contributed by atoms with Gasteiger partial charge in [0.1, 0.15) is 12.4 Å². The molecular weight excluding hydrogens is 492 g/mol. The smallest absolute Gasteiger partial charge is 0.227 e. The minimum absolute atomic E-state index is 0.102. The van der Waals surface area contributed by atoms with Crippen LogP contribution in [0.25, 0.3) is 0 Å². The summed E-state index contributed by atoms with van der Waals surface area (Å²) >= 11 is 0. The van der Waals surface area contributed by atoms with Crippen molar-refractivity contribution in [2.24, 2.45) is 0 Å². The van der Waals surface area contributed by atoms with Gasteiger partial charge in [-0.3, -0.25) is 4.79 Å². The fourth-order valence-electron chi connectivity index (χ4n) is 5.58. The maximum atomic E-state index is 13.1. The highest BCUT2D eigenvalue weighted by molar-refractivity contribution is 5.83. The second-order valence-corrected chi connectivity index (χ2v) is 10.9. The predicted octanol–water partition coefficient (Wildman–Crippen LogP) is 7.17. The number of amides is 1. The first-order chi connectivity index (χ1) is 19.7. The number of nitrogens with one attached hydrogen (secondary N) is 1. The summed E-state index contributed by atoms with van der Waals surface area (Å²) in [6, 6.07) is 40.0. The number of carbonyl (C=O) groups is 1. The Kier molecular flexibility index (Phi) is 9.65. The molecule has 4 aromatic carbocycles. The van der Waals surface area contributed by atoms with Gasteiger partial charge in [0, 0.05) is 25.0 Å². The van der Waals surface area contributed by atoms with Gasteiger partial charge in [0.25, 0.3) is 0 Å². The van der Waals surface area contributed by atoms with Crippen LogP contribution >= 0.6 is 0 Å². The van der Waals surface area contributed by atoms with E-state index < -0.39 is 0 Å². The molecule has 0 aliphatic carbocycles. The van der Waals surface area contributed by atoms with Crippen molar-refractivity contribution in [1.82, 2.24) is 10.2 Å². The SMILES string of the molecule is CC(C(=O)NC1CCN(CCC(c2ccccc2)c2ccccc2)CC1)c1ccc(OCc2ccccc2)cc1. The van der Waals surface area contributed by atoms with Crippen molar-refractivity contribution >= 4 is 5.91 Å². The number of hydrogen-bond acceptors (Lipinski definition) is 3. The average Bonchev–Trinajstić information content (AvgIpc) is 3.02. The number of piperidine rings is 1. The molecule has 1 heterocycles. The number of carbonyl (C=O) groups excluding carboxylic acids is 1. The number of benzene rings is 4. The van der Waals surface area contributed by atoms with E-state index in [-0.39, 0.29) is 17.9 Å². The summed E-state index contributed by atoms with van der Waals surface area (Å²) in [7, 11) is 0. The van der Waals surface area contributed by atoms with E-state index in [0.717, 1.165) is 55.8 Å². The van der Waals surface area contributed by atoms with E-state index in [4.69, 9.17) is 4.74 Å². The van der Waals surface area contributed by atoms with Crippen molar-refractivity contribution in [2.75, 3.05) is 19.6 Å². The molecule has 0 aromatic heterocycles. The van der Waals surface area contributed by atoms with Crippen molar-refractivity contribution in [3.8, 4) is 5.75 Å². The third-order valence-corrected chi connectivity index (χ3v) is 8.09. The lowest BCUT2D eigenvalue weighted by Gasteiger charge is -2.34. The Bertz CT molecular complexity index is 1260. The van der Waals surface area contributed by atoms with E-state index in [1.165, 1.54) is 11.1 Å². The summed E-state index contributed by atoms with van der Waals surface area (Å²) in [6.45, 7) is 5.61. The quantitative estimate of drug-likeness (QED) is 0.223. The van der Waals surface area contributed by atoms with Crippen LogP contribution in [0.2, 0.25) is 0 Å². The highest BCUT2D eigenvalue weighted by Crippen LogP contribution is 2.29. The third-order valence-electron chi connectivity index (χ3n) is 8.09. The Hall–Kier alpha value is -3.89. The van der Waals surface area contributed by atoms with Gasteiger partial charge in [-0.1, -0.05) is 103 Å². The van der Waals surface area contributed by atoms with Crippen molar-refractivity contribution < 1.29 is 9.53 Å². The van der Waals surface area contributed by atoms with E-state index >= 15 is 0 Å². The van der Waals surface area contributed by atoms with Crippen LogP contribution in [0.1, 0.15) is 60.3 Å². The zero-order valence-corrected chi connectivity index (χ0v) is 23.4. The molecular formula is C36H40N2O2. The summed E-state index contributed by atoms with van der Waals surface area (Å²) in [6.07, 6.45) is 3.07. The lowest BCUT2D eigenvalue weighted by atomic mass is 9.88. The molecule has 4 heteroatoms. The molecule has 1 aliphatic heterocycles. The standard InChI is InChI=1S/C36H40N2O2/c1-28(30-17-19-34(20-18-30)40-27-29-11-5-2-6-12-29)36(39)37-33-21-24-38(25-22-33)26-23-35(31-13-7-3-8-14-31)32-15-9-4-10-16-32/h2-20,28,33,35H,21-27H2,1H3,(H,37,39). The first-order valence-corrected chi connectivity index (χ1v) is 14.5. The molecule has 1 aliphatic rings. The molecule has 1 unspecified atom stereocenters. The van der Waals surface area contributed by atoms with E-state index in [1.807, 2.05) is 49.4 Å². The molecule has 1 N–H and O–H groups in total. The van der Waals surface area contributed by atoms with Crippen LogP contribution in [0.15, 0.2) is 115 Å². The van der Waals surface area contributed by atoms with Crippen LogP contribution < -0.4 is 10.1 Å². The average molecular weight is 533 g/mol. The Morgan fingerprint density at radius 2 is 1.32 bits per heavy atom. The summed E-state index contributed by atoms with van der Waals surface area (Å²) < 4.78 is 5.90. The van der Waals surface area contributed by atoms with Gasteiger partial charge in [0.05, 0.1) is 5.92 Å². The maximum Gasteiger partial charge on any atom is 0.227 e. The fraction of sp³-hybridized carbons (Fsp3) is 0.306. The van der Waals surface area contributed by atoms with E-state index in [0.29, 0.717) is 12.5 Å². The van der Waals surface area contributed by atoms with Gasteiger partial charge in [-0.15, -0.1) is 0 Å². The number of rotatable bonds is 11. The highest BCUT2D eigenvalue weighted by atomic mass is 16.5. The Morgan fingerprint density at radius 1 is 0.775 bits per heavy atom. The zero-order valence-electron chi connectivity index (χ0n) is 23.4. The molecule has 1 saturated heterocycles. The van der Waals surface area contributed by atoms with Gasteiger partial charge in [-0.05, 0) is 67.1 Å². The normalized spacial score (nSPS) is 15.1. The maximum absolute atomic E-state index is 13.1. The topological polar surface area (TPSA) is 41.6 Å². The van der Waals surface area contributed by atoms with Crippen molar-refractivity contribution in [2.45, 2.75) is 50.7 Å². The Labute approximate surface area is 239 Å². The summed E-state index contributed by atoms with van der Waals surface area (Å²) in [4.78, 5) is 15.6. The largest absolute Gasteiger partial charge is 0.489 e. The minimum Gasteiger partial charge on any atom is -0.489 e. The van der Waals surface area contributed by atoms with Crippen LogP contribution in [-0.2, 0) is 11.4 Å². The second-order valence-electron chi connectivity index (χ2n) is 10.9. The Morgan fingerprint density at radius 3 is 1.90 bits per heavy atom. The second kappa shape index (κ2) is 14.0. The summed E-state index contributed by atoms with van der Waals surface area (Å²) in [5.74, 6) is 1.12. The summed E-state index contributed by atoms with van der Waals surface area (Å²) in [5, 5.41) is 3.32. The van der Waals surface area contributed by atoms with Crippen LogP contribution in [0.3, 0.4) is 0 Å². The van der Waals surface area contributed by atoms with E-state index in [9.17, 15) is 4.79 Å². The Balaban J connectivity index is 1.07. The fourth-order valence-corrected chi connectivity index (χ4v) is 5.58. The predicted molar refractivity (Wildman–Crippen MR) is 163 cm³/mol. The van der Waals surface area contributed by atoms with Crippen molar-refractivity contribution in [3.63, 3.8) is 0 Å². The molecule has 0 spiro atoms. The molecule has 40 heavy (non-hydrogen) atoms. The molecule has 4 aromatic rings. The number of hydrogen-bond donors (Lipinski definition) is 1. The molecule has 5 rings (SSSR count). The first-order valence-electron chi connectivity index (χ1n) is 14.5. The van der Waals surface area contributed by atoms with E-state index in [1.54, 1.807) is 0 Å². The van der Waals surface area contributed by atoms with Crippen LogP contribution in [0.4, 0.5) is 0 Å². The van der Waals surface area contributed by atoms with Gasteiger partial charge < -0.3 is 15.0 Å². The minimum atomic E-state index is -0.196. The lowest BCUT2D eigenvalue weighted by Crippen LogP contribution is -2.46. The van der Waals surface area contributed by atoms with Crippen LogP contribution in [0.5, 0.6) is 5.75 Å². The van der Waals surface area contributed by atoms with Gasteiger partial charge in [-0.25, -0.2) is 0 Å². The van der Waals surface area contributed by atoms with Crippen molar-refractivity contribution in [1.29, 1.82) is 0 Å². The highest BCUT2D eigenvalue weighted by Gasteiger charge is 2.24. The molecule has 4 nitrogen and oxygen atoms in total. The number of ether oxygens (including phenoxy) is 1. The molecule has 0 radical (unpaired) electrons. The molecule has 206 valence electrons. The van der Waals surface area contributed by atoms with Gasteiger partial charge in [0.2, 0.25) is 5.91 Å². The van der Waals surface area contributed by atoms with Gasteiger partial charge in [-0.2, -0.15) is 0 Å². The lowest BCUT2D eigenvalue weighted by molar-refractivity contribution is -0.123. The van der Waals surface area contributed by atoms with Gasteiger partial charge in [0.15, 0.2) is 0 Å². The van der Waals surface area contributed by atoms with Crippen LogP contribution in [0, 0.1) is 0 Å². The molecule has 1 amide bonds. The molecule has 1 atom stereocenters. The van der Waals surface area contributed by atoms with Gasteiger partial charge >= 0.3 is 0 Å². The number of likely N-dealkylation sites (tertiary alicyclic amines) is 1.